The normalized spacial score (nSPS) is 18.2. The highest BCUT2D eigenvalue weighted by Gasteiger charge is 2.34. The van der Waals surface area contributed by atoms with Crippen LogP contribution in [0.1, 0.15) is 61.3 Å². The molecule has 1 saturated heterocycles. The maximum absolute atomic E-state index is 12.3. The minimum absolute atomic E-state index is 0. The Morgan fingerprint density at radius 2 is 1.65 bits per heavy atom. The van der Waals surface area contributed by atoms with E-state index in [4.69, 9.17) is 14.2 Å². The van der Waals surface area contributed by atoms with Crippen molar-refractivity contribution in [1.29, 1.82) is 0 Å². The Bertz CT molecular complexity index is 639. The molecule has 0 aromatic carbocycles. The maximum Gasteiger partial charge on any atom is 0.508 e. The summed E-state index contributed by atoms with van der Waals surface area (Å²) >= 11 is 0. The quantitative estimate of drug-likeness (QED) is 0.499. The van der Waals surface area contributed by atoms with E-state index in [1.54, 1.807) is 0 Å². The molecule has 0 aromatic heterocycles. The molecule has 1 rings (SSSR count). The number of carbonyl (C=O) groups excluding carboxylic acids is 1. The summed E-state index contributed by atoms with van der Waals surface area (Å²) in [6.45, 7) is 15.7. The molecule has 1 aliphatic heterocycles. The molecule has 0 spiro atoms. The monoisotopic (exact) mass is 486 g/mol. The molecule has 186 valence electrons. The summed E-state index contributed by atoms with van der Waals surface area (Å²) in [5.74, 6) is 0.341. The van der Waals surface area contributed by atoms with Gasteiger partial charge in [0.05, 0.1) is 19.0 Å². The van der Waals surface area contributed by atoms with E-state index in [2.05, 4.69) is 5.32 Å². The number of hydrogen-bond acceptors (Lipinski definition) is 7. The van der Waals surface area contributed by atoms with Gasteiger partial charge >= 0.3 is 6.16 Å². The van der Waals surface area contributed by atoms with Crippen LogP contribution < -0.4 is 5.32 Å². The van der Waals surface area contributed by atoms with Gasteiger partial charge in [-0.05, 0) is 65.0 Å². The first-order valence-corrected chi connectivity index (χ1v) is 12.6. The van der Waals surface area contributed by atoms with Gasteiger partial charge in [-0.2, -0.15) is 4.31 Å². The van der Waals surface area contributed by atoms with Crippen molar-refractivity contribution in [2.75, 3.05) is 39.1 Å². The lowest BCUT2D eigenvalue weighted by Gasteiger charge is -2.38. The van der Waals surface area contributed by atoms with Crippen LogP contribution in [0.25, 0.3) is 0 Å². The van der Waals surface area contributed by atoms with Crippen LogP contribution in [-0.2, 0) is 24.2 Å². The van der Waals surface area contributed by atoms with Crippen LogP contribution in [0.2, 0.25) is 0 Å². The number of piperidine rings is 1. The summed E-state index contributed by atoms with van der Waals surface area (Å²) in [5.41, 5.74) is -0.777. The number of sulfonamides is 1. The van der Waals surface area contributed by atoms with Gasteiger partial charge in [-0.1, -0.05) is 20.8 Å². The molecule has 10 heteroatoms. The van der Waals surface area contributed by atoms with E-state index >= 15 is 0 Å². The van der Waals surface area contributed by atoms with Gasteiger partial charge in [0.25, 0.3) is 0 Å². The molecule has 0 radical (unpaired) electrons. The fourth-order valence-corrected chi connectivity index (χ4v) is 4.59. The molecular weight excluding hydrogens is 444 g/mol. The molecule has 1 aliphatic rings. The maximum atomic E-state index is 12.3. The Balaban J connectivity index is 0.00000900. The second kappa shape index (κ2) is 12.6. The van der Waals surface area contributed by atoms with Crippen molar-refractivity contribution in [3.05, 3.63) is 0 Å². The predicted octanol–water partition coefficient (Wildman–Crippen LogP) is 3.44. The standard InChI is InChI=1S/C21H42N2O6S.ClH/c1-16(20(2,3)4)29-18(13-23(21(5,6)7)30(8,25)26)15-28-19(24)27-14-17-9-11-22-12-10-17;/h16-18,22H,9-15H2,1-8H3;1H/t16-,18-;/m0./s1. The highest BCUT2D eigenvalue weighted by Crippen LogP contribution is 2.25. The molecule has 1 fully saturated rings. The van der Waals surface area contributed by atoms with Gasteiger partial charge in [-0.3, -0.25) is 0 Å². The van der Waals surface area contributed by atoms with E-state index in [0.717, 1.165) is 25.9 Å². The van der Waals surface area contributed by atoms with Crippen LogP contribution in [0.4, 0.5) is 4.79 Å². The van der Waals surface area contributed by atoms with Crippen LogP contribution in [-0.4, -0.2) is 75.7 Å². The Hall–Kier alpha value is -0.610. The molecule has 1 heterocycles. The van der Waals surface area contributed by atoms with Crippen LogP contribution in [0, 0.1) is 11.3 Å². The highest BCUT2D eigenvalue weighted by molar-refractivity contribution is 7.88. The number of rotatable bonds is 9. The Morgan fingerprint density at radius 1 is 1.10 bits per heavy atom. The third-order valence-electron chi connectivity index (χ3n) is 5.42. The third-order valence-corrected chi connectivity index (χ3v) is 6.91. The van der Waals surface area contributed by atoms with Gasteiger partial charge in [0.15, 0.2) is 0 Å². The van der Waals surface area contributed by atoms with E-state index in [1.165, 1.54) is 10.6 Å². The zero-order valence-corrected chi connectivity index (χ0v) is 22.0. The smallest absolute Gasteiger partial charge is 0.434 e. The molecule has 0 amide bonds. The van der Waals surface area contributed by atoms with E-state index in [1.807, 2.05) is 48.5 Å². The number of ether oxygens (including phenoxy) is 3. The molecule has 31 heavy (non-hydrogen) atoms. The van der Waals surface area contributed by atoms with Crippen molar-refractivity contribution >= 4 is 28.6 Å². The van der Waals surface area contributed by atoms with Crippen molar-refractivity contribution in [1.82, 2.24) is 9.62 Å². The van der Waals surface area contributed by atoms with Crippen molar-refractivity contribution < 1.29 is 27.4 Å². The van der Waals surface area contributed by atoms with Gasteiger partial charge in [0.2, 0.25) is 10.0 Å². The first-order valence-electron chi connectivity index (χ1n) is 10.7. The van der Waals surface area contributed by atoms with E-state index in [9.17, 15) is 13.2 Å². The summed E-state index contributed by atoms with van der Waals surface area (Å²) in [5, 5.41) is 3.27. The van der Waals surface area contributed by atoms with E-state index in [0.29, 0.717) is 12.5 Å². The zero-order chi connectivity index (χ0) is 23.2. The van der Waals surface area contributed by atoms with Crippen molar-refractivity contribution in [3.8, 4) is 0 Å². The average Bonchev–Trinajstić information content (AvgIpc) is 2.60. The van der Waals surface area contributed by atoms with Crippen molar-refractivity contribution in [2.45, 2.75) is 79.1 Å². The lowest BCUT2D eigenvalue weighted by Crippen LogP contribution is -2.51. The summed E-state index contributed by atoms with van der Waals surface area (Å²) < 4.78 is 42.8. The molecule has 2 atom stereocenters. The first-order chi connectivity index (χ1) is 13.6. The number of nitrogens with zero attached hydrogens (tertiary/aromatic N) is 1. The number of halogens is 1. The zero-order valence-electron chi connectivity index (χ0n) is 20.4. The molecule has 0 unspecified atom stereocenters. The van der Waals surface area contributed by atoms with Gasteiger partial charge in [0, 0.05) is 12.1 Å². The Morgan fingerprint density at radius 3 is 2.10 bits per heavy atom. The van der Waals surface area contributed by atoms with Gasteiger partial charge in [-0.25, -0.2) is 13.2 Å². The van der Waals surface area contributed by atoms with Crippen LogP contribution in [0.15, 0.2) is 0 Å². The minimum Gasteiger partial charge on any atom is -0.434 e. The first kappa shape index (κ1) is 30.4. The van der Waals surface area contributed by atoms with Gasteiger partial charge < -0.3 is 19.5 Å². The summed E-state index contributed by atoms with van der Waals surface area (Å²) in [6, 6.07) is 0. The van der Waals surface area contributed by atoms with Crippen molar-refractivity contribution in [3.63, 3.8) is 0 Å². The largest absolute Gasteiger partial charge is 0.508 e. The summed E-state index contributed by atoms with van der Waals surface area (Å²) in [6.07, 6.45) is 1.59. The Labute approximate surface area is 195 Å². The number of hydrogen-bond donors (Lipinski definition) is 1. The van der Waals surface area contributed by atoms with Gasteiger partial charge in [0.1, 0.15) is 12.7 Å². The lowest BCUT2D eigenvalue weighted by atomic mass is 9.90. The van der Waals surface area contributed by atoms with Crippen molar-refractivity contribution in [2.24, 2.45) is 11.3 Å². The molecular formula is C21H43ClN2O6S. The topological polar surface area (TPSA) is 94.2 Å². The van der Waals surface area contributed by atoms with Crippen LogP contribution in [0.5, 0.6) is 0 Å². The summed E-state index contributed by atoms with van der Waals surface area (Å²) in [4.78, 5) is 12.1. The van der Waals surface area contributed by atoms with Gasteiger partial charge in [-0.15, -0.1) is 12.4 Å². The van der Waals surface area contributed by atoms with E-state index < -0.39 is 27.8 Å². The number of nitrogens with one attached hydrogen (secondary N) is 1. The minimum atomic E-state index is -3.48. The fourth-order valence-electron chi connectivity index (χ4n) is 3.16. The molecule has 0 aliphatic carbocycles. The average molecular weight is 487 g/mol. The third kappa shape index (κ3) is 11.7. The van der Waals surface area contributed by atoms with Crippen LogP contribution in [0.3, 0.4) is 0 Å². The van der Waals surface area contributed by atoms with Crippen LogP contribution >= 0.6 is 12.4 Å². The second-order valence-corrected chi connectivity index (χ2v) is 12.2. The molecule has 8 nitrogen and oxygen atoms in total. The van der Waals surface area contributed by atoms with E-state index in [-0.39, 0.29) is 37.1 Å². The Kier molecular flexibility index (Phi) is 12.3. The molecule has 1 N–H and O–H groups in total. The highest BCUT2D eigenvalue weighted by atomic mass is 35.5. The SMILES string of the molecule is C[C@H](O[C@H](COC(=O)OCC1CCNCC1)CN(C(C)(C)C)S(C)(=O)=O)C(C)(C)C.Cl. The fraction of sp³-hybridized carbons (Fsp3) is 0.952. The molecule has 0 aromatic rings. The molecule has 0 bridgehead atoms. The second-order valence-electron chi connectivity index (χ2n) is 10.3. The number of carbonyl (C=O) groups is 1. The lowest BCUT2D eigenvalue weighted by molar-refractivity contribution is -0.0906. The summed E-state index contributed by atoms with van der Waals surface area (Å²) in [7, 11) is -3.48. The molecule has 0 saturated carbocycles. The predicted molar refractivity (Wildman–Crippen MR) is 125 cm³/mol.